The SMILES string of the molecule is CC(C)(C)C(O)(c1cncnc1)c1ccc(-c2ccc(C(F)(F)F)nc2)cc1Cl. The number of hydrogen-bond donors (Lipinski definition) is 1. The molecule has 0 saturated carbocycles. The number of hydrogen-bond acceptors (Lipinski definition) is 4. The minimum absolute atomic E-state index is 0.267. The molecule has 0 fully saturated rings. The molecule has 2 aromatic heterocycles. The minimum atomic E-state index is -4.50. The van der Waals surface area contributed by atoms with Crippen LogP contribution in [0.1, 0.15) is 37.6 Å². The molecule has 3 aromatic rings. The average molecular weight is 422 g/mol. The van der Waals surface area contributed by atoms with E-state index in [0.29, 0.717) is 22.3 Å². The van der Waals surface area contributed by atoms with E-state index in [1.165, 1.54) is 24.8 Å². The number of nitrogens with zero attached hydrogens (tertiary/aromatic N) is 3. The van der Waals surface area contributed by atoms with Crippen molar-refractivity contribution < 1.29 is 18.3 Å². The molecular weight excluding hydrogens is 403 g/mol. The van der Waals surface area contributed by atoms with E-state index in [4.69, 9.17) is 11.6 Å². The van der Waals surface area contributed by atoms with Gasteiger partial charge in [0.25, 0.3) is 0 Å². The molecule has 3 rings (SSSR count). The highest BCUT2D eigenvalue weighted by Crippen LogP contribution is 2.47. The zero-order valence-electron chi connectivity index (χ0n) is 16.0. The molecule has 0 bridgehead atoms. The van der Waals surface area contributed by atoms with Crippen LogP contribution in [0, 0.1) is 5.41 Å². The fourth-order valence-electron chi connectivity index (χ4n) is 3.20. The monoisotopic (exact) mass is 421 g/mol. The average Bonchev–Trinajstić information content (AvgIpc) is 2.66. The summed E-state index contributed by atoms with van der Waals surface area (Å²) in [5, 5.41) is 11.9. The first-order valence-electron chi connectivity index (χ1n) is 8.76. The Morgan fingerprint density at radius 3 is 2.00 bits per heavy atom. The van der Waals surface area contributed by atoms with E-state index in [9.17, 15) is 18.3 Å². The molecule has 0 aliphatic heterocycles. The summed E-state index contributed by atoms with van der Waals surface area (Å²) in [5.74, 6) is 0. The van der Waals surface area contributed by atoms with Crippen LogP contribution in [0.3, 0.4) is 0 Å². The second-order valence-corrected chi connectivity index (χ2v) is 8.12. The lowest BCUT2D eigenvalue weighted by Gasteiger charge is -2.41. The lowest BCUT2D eigenvalue weighted by Crippen LogP contribution is -2.41. The molecule has 152 valence electrons. The van der Waals surface area contributed by atoms with Crippen molar-refractivity contribution in [2.24, 2.45) is 5.41 Å². The van der Waals surface area contributed by atoms with Gasteiger partial charge in [-0.05, 0) is 23.1 Å². The van der Waals surface area contributed by atoms with Crippen LogP contribution in [-0.2, 0) is 11.8 Å². The largest absolute Gasteiger partial charge is 0.433 e. The van der Waals surface area contributed by atoms with Crippen molar-refractivity contribution in [3.8, 4) is 11.1 Å². The van der Waals surface area contributed by atoms with Crippen LogP contribution in [-0.4, -0.2) is 20.1 Å². The van der Waals surface area contributed by atoms with Gasteiger partial charge in [0, 0.05) is 40.3 Å². The van der Waals surface area contributed by atoms with Gasteiger partial charge in [0.05, 0.1) is 0 Å². The maximum Gasteiger partial charge on any atom is 0.433 e. The van der Waals surface area contributed by atoms with E-state index in [1.54, 1.807) is 18.2 Å². The van der Waals surface area contributed by atoms with Crippen LogP contribution in [0.4, 0.5) is 13.2 Å². The Labute approximate surface area is 171 Å². The number of aliphatic hydroxyl groups is 1. The summed E-state index contributed by atoms with van der Waals surface area (Å²) >= 11 is 6.52. The number of benzene rings is 1. The molecule has 4 nitrogen and oxygen atoms in total. The molecule has 1 unspecified atom stereocenters. The number of aromatic nitrogens is 3. The second kappa shape index (κ2) is 7.39. The third-order valence-electron chi connectivity index (χ3n) is 4.81. The Balaban J connectivity index is 2.06. The van der Waals surface area contributed by atoms with Gasteiger partial charge in [0.1, 0.15) is 17.6 Å². The van der Waals surface area contributed by atoms with Gasteiger partial charge in [-0.1, -0.05) is 50.6 Å². The maximum atomic E-state index is 12.7. The van der Waals surface area contributed by atoms with Gasteiger partial charge in [-0.2, -0.15) is 13.2 Å². The van der Waals surface area contributed by atoms with Gasteiger partial charge < -0.3 is 5.11 Å². The van der Waals surface area contributed by atoms with Crippen LogP contribution in [0.25, 0.3) is 11.1 Å². The Morgan fingerprint density at radius 2 is 1.52 bits per heavy atom. The van der Waals surface area contributed by atoms with E-state index in [1.807, 2.05) is 20.8 Å². The molecule has 0 saturated heterocycles. The summed E-state index contributed by atoms with van der Waals surface area (Å²) in [6.45, 7) is 5.60. The van der Waals surface area contributed by atoms with Gasteiger partial charge in [-0.15, -0.1) is 0 Å². The third-order valence-corrected chi connectivity index (χ3v) is 5.12. The highest BCUT2D eigenvalue weighted by atomic mass is 35.5. The topological polar surface area (TPSA) is 58.9 Å². The number of alkyl halides is 3. The van der Waals surface area contributed by atoms with Crippen molar-refractivity contribution in [3.63, 3.8) is 0 Å². The fourth-order valence-corrected chi connectivity index (χ4v) is 3.52. The molecule has 0 amide bonds. The van der Waals surface area contributed by atoms with Crippen LogP contribution in [0.5, 0.6) is 0 Å². The van der Waals surface area contributed by atoms with Crippen molar-refractivity contribution >= 4 is 11.6 Å². The number of rotatable bonds is 3. The first kappa shape index (κ1) is 21.2. The predicted octanol–water partition coefficient (Wildman–Crippen LogP) is 5.49. The lowest BCUT2D eigenvalue weighted by atomic mass is 9.69. The summed E-state index contributed by atoms with van der Waals surface area (Å²) in [4.78, 5) is 11.5. The van der Waals surface area contributed by atoms with Crippen molar-refractivity contribution in [2.75, 3.05) is 0 Å². The smallest absolute Gasteiger partial charge is 0.380 e. The molecule has 1 N–H and O–H groups in total. The molecule has 1 aromatic carbocycles. The van der Waals surface area contributed by atoms with Gasteiger partial charge in [0.15, 0.2) is 0 Å². The van der Waals surface area contributed by atoms with Gasteiger partial charge in [0.2, 0.25) is 0 Å². The van der Waals surface area contributed by atoms with Crippen LogP contribution in [0.2, 0.25) is 5.02 Å². The molecule has 8 heteroatoms. The van der Waals surface area contributed by atoms with E-state index in [0.717, 1.165) is 12.3 Å². The fraction of sp³-hybridized carbons (Fsp3) is 0.286. The Kier molecular flexibility index (Phi) is 5.40. The first-order chi connectivity index (χ1) is 13.4. The van der Waals surface area contributed by atoms with E-state index >= 15 is 0 Å². The zero-order chi connectivity index (χ0) is 21.4. The van der Waals surface area contributed by atoms with Crippen LogP contribution < -0.4 is 0 Å². The van der Waals surface area contributed by atoms with Crippen molar-refractivity contribution in [1.29, 1.82) is 0 Å². The zero-order valence-corrected chi connectivity index (χ0v) is 16.8. The predicted molar refractivity (Wildman–Crippen MR) is 104 cm³/mol. The summed E-state index contributed by atoms with van der Waals surface area (Å²) in [6.07, 6.45) is 1.08. The molecule has 0 aliphatic carbocycles. The highest BCUT2D eigenvalue weighted by Gasteiger charge is 2.45. The van der Waals surface area contributed by atoms with E-state index < -0.39 is 22.9 Å². The van der Waals surface area contributed by atoms with E-state index in [-0.39, 0.29) is 5.02 Å². The number of halogens is 4. The van der Waals surface area contributed by atoms with Gasteiger partial charge >= 0.3 is 6.18 Å². The van der Waals surface area contributed by atoms with Crippen molar-refractivity contribution in [3.05, 3.63) is 77.1 Å². The normalized spacial score (nSPS) is 14.5. The molecule has 29 heavy (non-hydrogen) atoms. The minimum Gasteiger partial charge on any atom is -0.380 e. The maximum absolute atomic E-state index is 12.7. The highest BCUT2D eigenvalue weighted by molar-refractivity contribution is 6.31. The first-order valence-corrected chi connectivity index (χ1v) is 9.14. The Bertz CT molecular complexity index is 1000. The molecule has 0 radical (unpaired) electrons. The molecule has 2 heterocycles. The second-order valence-electron chi connectivity index (χ2n) is 7.71. The molecule has 1 atom stereocenters. The lowest BCUT2D eigenvalue weighted by molar-refractivity contribution is -0.141. The molecule has 0 aliphatic rings. The third kappa shape index (κ3) is 3.97. The van der Waals surface area contributed by atoms with Crippen molar-refractivity contribution in [1.82, 2.24) is 15.0 Å². The summed E-state index contributed by atoms with van der Waals surface area (Å²) in [5.41, 5.74) is -1.10. The van der Waals surface area contributed by atoms with Gasteiger partial charge in [-0.3, -0.25) is 4.98 Å². The summed E-state index contributed by atoms with van der Waals surface area (Å²) in [7, 11) is 0. The van der Waals surface area contributed by atoms with Gasteiger partial charge in [-0.25, -0.2) is 9.97 Å². The van der Waals surface area contributed by atoms with Crippen LogP contribution >= 0.6 is 11.6 Å². The Morgan fingerprint density at radius 1 is 0.897 bits per heavy atom. The molecule has 0 spiro atoms. The number of pyridine rings is 1. The Hall–Kier alpha value is -2.51. The quantitative estimate of drug-likeness (QED) is 0.607. The molecular formula is C21H19ClF3N3O. The van der Waals surface area contributed by atoms with Crippen molar-refractivity contribution in [2.45, 2.75) is 32.5 Å². The summed E-state index contributed by atoms with van der Waals surface area (Å²) < 4.78 is 38.2. The standard InChI is InChI=1S/C21H19ClF3N3O/c1-19(2,3)20(29,15-10-26-12-27-11-15)16-6-4-13(8-17(16)22)14-5-7-18(28-9-14)21(23,24)25/h4-12,29H,1-3H3. The van der Waals surface area contributed by atoms with Crippen LogP contribution in [0.15, 0.2) is 55.2 Å². The summed E-state index contributed by atoms with van der Waals surface area (Å²) in [6, 6.07) is 7.20. The van der Waals surface area contributed by atoms with E-state index in [2.05, 4.69) is 15.0 Å².